The van der Waals surface area contributed by atoms with E-state index in [9.17, 15) is 13.6 Å². The van der Waals surface area contributed by atoms with E-state index in [4.69, 9.17) is 0 Å². The first kappa shape index (κ1) is 18.4. The van der Waals surface area contributed by atoms with E-state index in [0.29, 0.717) is 12.4 Å². The third kappa shape index (κ3) is 4.60. The van der Waals surface area contributed by atoms with Crippen LogP contribution in [0.3, 0.4) is 0 Å². The second-order valence-corrected chi connectivity index (χ2v) is 5.85. The molecule has 0 spiro atoms. The van der Waals surface area contributed by atoms with Crippen molar-refractivity contribution in [3.63, 3.8) is 0 Å². The van der Waals surface area contributed by atoms with Crippen molar-refractivity contribution in [3.05, 3.63) is 77.8 Å². The van der Waals surface area contributed by atoms with E-state index in [1.165, 1.54) is 12.1 Å². The van der Waals surface area contributed by atoms with Crippen LogP contribution < -0.4 is 10.2 Å². The van der Waals surface area contributed by atoms with Crippen molar-refractivity contribution in [2.75, 3.05) is 23.8 Å². The summed E-state index contributed by atoms with van der Waals surface area (Å²) in [5.41, 5.74) is 0.597. The molecule has 1 aromatic carbocycles. The van der Waals surface area contributed by atoms with Gasteiger partial charge < -0.3 is 10.2 Å². The fraction of sp³-hybridized carbons (Fsp3) is 0.158. The van der Waals surface area contributed by atoms with E-state index in [1.54, 1.807) is 18.5 Å². The molecule has 3 rings (SSSR count). The molecule has 0 saturated heterocycles. The average molecular weight is 369 g/mol. The third-order valence-corrected chi connectivity index (χ3v) is 3.96. The van der Waals surface area contributed by atoms with Crippen molar-refractivity contribution in [1.82, 2.24) is 15.2 Å². The summed E-state index contributed by atoms with van der Waals surface area (Å²) in [5.74, 6) is -1.87. The molecule has 1 amide bonds. The first-order chi connectivity index (χ1) is 13.0. The molecule has 1 N–H and O–H groups in total. The van der Waals surface area contributed by atoms with Gasteiger partial charge in [-0.05, 0) is 48.4 Å². The number of carbonyl (C=O) groups is 1. The van der Waals surface area contributed by atoms with Gasteiger partial charge in [0, 0.05) is 26.0 Å². The Hall–Kier alpha value is -3.42. The maximum Gasteiger partial charge on any atom is 0.276 e. The summed E-state index contributed by atoms with van der Waals surface area (Å²) < 4.78 is 27.2. The Balaban J connectivity index is 1.63. The van der Waals surface area contributed by atoms with Gasteiger partial charge in [0.15, 0.2) is 11.5 Å². The Morgan fingerprint density at radius 1 is 1.04 bits per heavy atom. The molecule has 8 heteroatoms. The number of pyridine rings is 1. The van der Waals surface area contributed by atoms with Gasteiger partial charge in [0.2, 0.25) is 0 Å². The molecule has 0 aliphatic heterocycles. The van der Waals surface area contributed by atoms with Crippen LogP contribution in [0.5, 0.6) is 0 Å². The Morgan fingerprint density at radius 2 is 1.74 bits per heavy atom. The fourth-order valence-corrected chi connectivity index (χ4v) is 2.41. The van der Waals surface area contributed by atoms with Gasteiger partial charge in [-0.15, -0.1) is 10.2 Å². The molecule has 0 aliphatic carbocycles. The van der Waals surface area contributed by atoms with E-state index in [1.807, 2.05) is 24.1 Å². The van der Waals surface area contributed by atoms with Gasteiger partial charge in [-0.3, -0.25) is 9.78 Å². The van der Waals surface area contributed by atoms with Gasteiger partial charge in [-0.2, -0.15) is 0 Å². The molecule has 0 radical (unpaired) electrons. The van der Waals surface area contributed by atoms with Crippen molar-refractivity contribution < 1.29 is 13.6 Å². The van der Waals surface area contributed by atoms with Crippen LogP contribution in [-0.4, -0.2) is 34.7 Å². The van der Waals surface area contributed by atoms with E-state index < -0.39 is 23.2 Å². The molecule has 0 atom stereocenters. The summed E-state index contributed by atoms with van der Waals surface area (Å²) >= 11 is 0. The van der Waals surface area contributed by atoms with E-state index in [-0.39, 0.29) is 5.69 Å². The molecule has 0 fully saturated rings. The zero-order chi connectivity index (χ0) is 19.2. The molecule has 0 bridgehead atoms. The molecule has 3 aromatic rings. The van der Waals surface area contributed by atoms with Gasteiger partial charge in [-0.1, -0.05) is 6.07 Å². The Morgan fingerprint density at radius 3 is 2.37 bits per heavy atom. The quantitative estimate of drug-likeness (QED) is 0.723. The number of hydrogen-bond acceptors (Lipinski definition) is 5. The summed E-state index contributed by atoms with van der Waals surface area (Å²) in [6.45, 7) is 0.699. The number of aromatic nitrogens is 3. The topological polar surface area (TPSA) is 71.0 Å². The number of nitrogens with one attached hydrogen (secondary N) is 1. The van der Waals surface area contributed by atoms with Crippen LogP contribution in [0.4, 0.5) is 20.3 Å². The number of likely N-dealkylation sites (N-methyl/N-ethyl adjacent to an activating group) is 1. The highest BCUT2D eigenvalue weighted by atomic mass is 19.1. The SMILES string of the molecule is CN(CCc1ccncc1)c1ccc(C(=O)Nc2c(F)cccc2F)nn1. The number of para-hydroxylation sites is 1. The summed E-state index contributed by atoms with van der Waals surface area (Å²) in [5, 5.41) is 10.0. The molecular formula is C19H17F2N5O. The molecule has 138 valence electrons. The van der Waals surface area contributed by atoms with Crippen LogP contribution in [0.15, 0.2) is 54.9 Å². The molecule has 0 unspecified atom stereocenters. The van der Waals surface area contributed by atoms with Crippen LogP contribution in [0.2, 0.25) is 0 Å². The number of halogens is 2. The molecule has 27 heavy (non-hydrogen) atoms. The highest BCUT2D eigenvalue weighted by Gasteiger charge is 2.15. The zero-order valence-corrected chi connectivity index (χ0v) is 14.6. The van der Waals surface area contributed by atoms with Gasteiger partial charge in [0.25, 0.3) is 5.91 Å². The number of benzene rings is 1. The molecule has 2 heterocycles. The van der Waals surface area contributed by atoms with Crippen molar-refractivity contribution in [2.24, 2.45) is 0 Å². The van der Waals surface area contributed by atoms with Crippen molar-refractivity contribution >= 4 is 17.4 Å². The smallest absolute Gasteiger partial charge is 0.276 e. The fourth-order valence-electron chi connectivity index (χ4n) is 2.41. The van der Waals surface area contributed by atoms with E-state index >= 15 is 0 Å². The van der Waals surface area contributed by atoms with Crippen LogP contribution in [0.25, 0.3) is 0 Å². The first-order valence-electron chi connectivity index (χ1n) is 8.24. The van der Waals surface area contributed by atoms with Crippen LogP contribution in [0, 0.1) is 11.6 Å². The number of hydrogen-bond donors (Lipinski definition) is 1. The lowest BCUT2D eigenvalue weighted by atomic mass is 10.2. The van der Waals surface area contributed by atoms with Crippen molar-refractivity contribution in [1.29, 1.82) is 0 Å². The standard InChI is InChI=1S/C19H17F2N5O/c1-26(12-9-13-7-10-22-11-8-13)17-6-5-16(24-25-17)19(27)23-18-14(20)3-2-4-15(18)21/h2-8,10-11H,9,12H2,1H3,(H,23,27). The number of anilines is 2. The maximum absolute atomic E-state index is 13.6. The molecule has 0 saturated carbocycles. The van der Waals surface area contributed by atoms with Crippen molar-refractivity contribution in [2.45, 2.75) is 6.42 Å². The highest BCUT2D eigenvalue weighted by Crippen LogP contribution is 2.19. The van der Waals surface area contributed by atoms with Gasteiger partial charge >= 0.3 is 0 Å². The van der Waals surface area contributed by atoms with Gasteiger partial charge in [0.05, 0.1) is 0 Å². The van der Waals surface area contributed by atoms with Gasteiger partial charge in [0.1, 0.15) is 17.3 Å². The lowest BCUT2D eigenvalue weighted by molar-refractivity contribution is 0.102. The van der Waals surface area contributed by atoms with Crippen LogP contribution in [0.1, 0.15) is 16.1 Å². The summed E-state index contributed by atoms with van der Waals surface area (Å²) in [4.78, 5) is 18.0. The maximum atomic E-state index is 13.6. The Bertz CT molecular complexity index is 899. The second kappa shape index (κ2) is 8.31. The monoisotopic (exact) mass is 369 g/mol. The number of rotatable bonds is 6. The Labute approximate surface area is 154 Å². The number of amides is 1. The van der Waals surface area contributed by atoms with E-state index in [0.717, 1.165) is 24.1 Å². The number of nitrogens with zero attached hydrogens (tertiary/aromatic N) is 4. The van der Waals surface area contributed by atoms with E-state index in [2.05, 4.69) is 20.5 Å². The summed E-state index contributed by atoms with van der Waals surface area (Å²) in [6.07, 6.45) is 4.28. The molecule has 0 aliphatic rings. The molecular weight excluding hydrogens is 352 g/mol. The predicted molar refractivity (Wildman–Crippen MR) is 97.6 cm³/mol. The largest absolute Gasteiger partial charge is 0.358 e. The minimum atomic E-state index is -0.858. The van der Waals surface area contributed by atoms with Crippen LogP contribution in [-0.2, 0) is 6.42 Å². The number of carbonyl (C=O) groups excluding carboxylic acids is 1. The summed E-state index contributed by atoms with van der Waals surface area (Å²) in [7, 11) is 1.86. The van der Waals surface area contributed by atoms with Crippen LogP contribution >= 0.6 is 0 Å². The minimum Gasteiger partial charge on any atom is -0.358 e. The highest BCUT2D eigenvalue weighted by molar-refractivity contribution is 6.02. The third-order valence-electron chi connectivity index (χ3n) is 3.96. The van der Waals surface area contributed by atoms with Gasteiger partial charge in [-0.25, -0.2) is 8.78 Å². The average Bonchev–Trinajstić information content (AvgIpc) is 2.70. The first-order valence-corrected chi connectivity index (χ1v) is 8.24. The molecule has 2 aromatic heterocycles. The Kier molecular flexibility index (Phi) is 5.65. The second-order valence-electron chi connectivity index (χ2n) is 5.85. The lowest BCUT2D eigenvalue weighted by Gasteiger charge is -2.17. The normalized spacial score (nSPS) is 10.5. The molecule has 6 nitrogen and oxygen atoms in total. The predicted octanol–water partition coefficient (Wildman–Crippen LogP) is 3.08. The summed E-state index contributed by atoms with van der Waals surface area (Å²) in [6, 6.07) is 10.3. The zero-order valence-electron chi connectivity index (χ0n) is 14.6. The van der Waals surface area contributed by atoms with Crippen molar-refractivity contribution in [3.8, 4) is 0 Å². The lowest BCUT2D eigenvalue weighted by Crippen LogP contribution is -2.23. The minimum absolute atomic E-state index is 0.0380.